The Morgan fingerprint density at radius 2 is 1.86 bits per heavy atom. The highest BCUT2D eigenvalue weighted by Crippen LogP contribution is 2.22. The van der Waals surface area contributed by atoms with Gasteiger partial charge in [0.1, 0.15) is 0 Å². The van der Waals surface area contributed by atoms with Crippen molar-refractivity contribution in [2.75, 3.05) is 17.2 Å². The van der Waals surface area contributed by atoms with Crippen molar-refractivity contribution in [1.29, 1.82) is 0 Å². The molecule has 0 aliphatic carbocycles. The third kappa shape index (κ3) is 4.72. The monoisotopic (exact) mass is 311 g/mol. The number of rotatable bonds is 3. The lowest BCUT2D eigenvalue weighted by molar-refractivity contribution is -0.122. The third-order valence-electron chi connectivity index (χ3n) is 3.56. The number of hydrogen-bond donors (Lipinski definition) is 3. The van der Waals surface area contributed by atoms with Gasteiger partial charge < -0.3 is 16.0 Å². The molecule has 0 spiro atoms. The molecule has 3 N–H and O–H groups in total. The van der Waals surface area contributed by atoms with Crippen LogP contribution < -0.4 is 16.0 Å². The van der Waals surface area contributed by atoms with Gasteiger partial charge >= 0.3 is 0 Å². The maximum absolute atomic E-state index is 12.4. The average Bonchev–Trinajstić information content (AvgIpc) is 2.39. The summed E-state index contributed by atoms with van der Waals surface area (Å²) in [6.45, 7) is 4.26. The zero-order valence-corrected chi connectivity index (χ0v) is 13.2. The minimum absolute atomic E-state index is 0. The van der Waals surface area contributed by atoms with Gasteiger partial charge in [0.05, 0.1) is 5.54 Å². The normalized spacial score (nSPS) is 21.0. The van der Waals surface area contributed by atoms with E-state index in [-0.39, 0.29) is 24.2 Å². The molecule has 1 unspecified atom stereocenters. The highest BCUT2D eigenvalue weighted by atomic mass is 35.5. The Hall–Kier alpha value is -1.59. The lowest BCUT2D eigenvalue weighted by Gasteiger charge is -2.33. The van der Waals surface area contributed by atoms with Gasteiger partial charge in [-0.25, -0.2) is 0 Å². The van der Waals surface area contributed by atoms with E-state index in [2.05, 4.69) is 16.0 Å². The van der Waals surface area contributed by atoms with E-state index >= 15 is 0 Å². The van der Waals surface area contributed by atoms with Crippen LogP contribution in [0.4, 0.5) is 11.4 Å². The van der Waals surface area contributed by atoms with Crippen molar-refractivity contribution < 1.29 is 9.59 Å². The summed E-state index contributed by atoms with van der Waals surface area (Å²) in [5, 5.41) is 8.90. The summed E-state index contributed by atoms with van der Waals surface area (Å²) in [5.41, 5.74) is 0.856. The summed E-state index contributed by atoms with van der Waals surface area (Å²) in [6.07, 6.45) is 3.01. The summed E-state index contributed by atoms with van der Waals surface area (Å²) in [6, 6.07) is 7.16. The molecule has 1 aromatic carbocycles. The predicted molar refractivity (Wildman–Crippen MR) is 86.9 cm³/mol. The molecule has 1 aliphatic rings. The van der Waals surface area contributed by atoms with Crippen LogP contribution in [-0.2, 0) is 9.59 Å². The topological polar surface area (TPSA) is 70.2 Å². The Morgan fingerprint density at radius 1 is 1.19 bits per heavy atom. The van der Waals surface area contributed by atoms with E-state index in [1.54, 1.807) is 18.2 Å². The van der Waals surface area contributed by atoms with E-state index in [1.807, 2.05) is 13.0 Å². The maximum Gasteiger partial charge on any atom is 0.244 e. The molecule has 6 heteroatoms. The molecular weight excluding hydrogens is 290 g/mol. The molecule has 1 fully saturated rings. The fourth-order valence-electron chi connectivity index (χ4n) is 2.40. The highest BCUT2D eigenvalue weighted by Gasteiger charge is 2.34. The first-order valence-electron chi connectivity index (χ1n) is 6.94. The molecular formula is C15H22ClN3O2. The first-order valence-corrected chi connectivity index (χ1v) is 6.94. The molecule has 21 heavy (non-hydrogen) atoms. The molecule has 5 nitrogen and oxygen atoms in total. The van der Waals surface area contributed by atoms with Crippen molar-refractivity contribution in [2.45, 2.75) is 38.6 Å². The third-order valence-corrected chi connectivity index (χ3v) is 3.56. The SMILES string of the molecule is CC(=O)Nc1cccc(NC(=O)C2(C)CCCCN2)c1.Cl. The van der Waals surface area contributed by atoms with Crippen molar-refractivity contribution in [1.82, 2.24) is 5.32 Å². The largest absolute Gasteiger partial charge is 0.326 e. The maximum atomic E-state index is 12.4. The van der Waals surface area contributed by atoms with Gasteiger partial charge in [0.2, 0.25) is 11.8 Å². The van der Waals surface area contributed by atoms with Crippen molar-refractivity contribution in [3.63, 3.8) is 0 Å². The summed E-state index contributed by atoms with van der Waals surface area (Å²) in [4.78, 5) is 23.4. The van der Waals surface area contributed by atoms with Gasteiger partial charge in [0, 0.05) is 18.3 Å². The molecule has 1 aliphatic heterocycles. The Bertz CT molecular complexity index is 513. The average molecular weight is 312 g/mol. The van der Waals surface area contributed by atoms with Gasteiger partial charge in [-0.1, -0.05) is 6.07 Å². The van der Waals surface area contributed by atoms with Crippen LogP contribution >= 0.6 is 12.4 Å². The van der Waals surface area contributed by atoms with E-state index in [1.165, 1.54) is 6.92 Å². The number of piperidine rings is 1. The first kappa shape index (κ1) is 17.5. The first-order chi connectivity index (χ1) is 9.49. The molecule has 1 aromatic rings. The summed E-state index contributed by atoms with van der Waals surface area (Å²) >= 11 is 0. The van der Waals surface area contributed by atoms with Crippen LogP contribution in [0, 0.1) is 0 Å². The Balaban J connectivity index is 0.00000220. The quantitative estimate of drug-likeness (QED) is 0.803. The Labute approximate surface area is 131 Å². The highest BCUT2D eigenvalue weighted by molar-refractivity contribution is 5.98. The Morgan fingerprint density at radius 3 is 2.43 bits per heavy atom. The zero-order valence-electron chi connectivity index (χ0n) is 12.4. The second-order valence-corrected chi connectivity index (χ2v) is 5.43. The van der Waals surface area contributed by atoms with Crippen LogP contribution in [0.25, 0.3) is 0 Å². The van der Waals surface area contributed by atoms with Crippen molar-refractivity contribution in [3.8, 4) is 0 Å². The molecule has 1 heterocycles. The minimum Gasteiger partial charge on any atom is -0.326 e. The van der Waals surface area contributed by atoms with Crippen LogP contribution in [0.15, 0.2) is 24.3 Å². The van der Waals surface area contributed by atoms with Gasteiger partial charge in [-0.3, -0.25) is 9.59 Å². The van der Waals surface area contributed by atoms with Crippen molar-refractivity contribution >= 4 is 35.6 Å². The summed E-state index contributed by atoms with van der Waals surface area (Å²) < 4.78 is 0. The van der Waals surface area contributed by atoms with E-state index in [4.69, 9.17) is 0 Å². The summed E-state index contributed by atoms with van der Waals surface area (Å²) in [5.74, 6) is -0.161. The van der Waals surface area contributed by atoms with Gasteiger partial charge in [0.15, 0.2) is 0 Å². The van der Waals surface area contributed by atoms with Gasteiger partial charge in [-0.15, -0.1) is 12.4 Å². The van der Waals surface area contributed by atoms with E-state index in [9.17, 15) is 9.59 Å². The molecule has 2 rings (SSSR count). The fraction of sp³-hybridized carbons (Fsp3) is 0.467. The molecule has 0 bridgehead atoms. The molecule has 1 atom stereocenters. The summed E-state index contributed by atoms with van der Waals surface area (Å²) in [7, 11) is 0. The number of carbonyl (C=O) groups excluding carboxylic acids is 2. The second-order valence-electron chi connectivity index (χ2n) is 5.43. The molecule has 0 radical (unpaired) electrons. The predicted octanol–water partition coefficient (Wildman–Crippen LogP) is 2.54. The van der Waals surface area contributed by atoms with Crippen LogP contribution in [-0.4, -0.2) is 23.9 Å². The molecule has 1 saturated heterocycles. The van der Waals surface area contributed by atoms with Gasteiger partial charge in [-0.2, -0.15) is 0 Å². The minimum atomic E-state index is -0.512. The molecule has 116 valence electrons. The van der Waals surface area contributed by atoms with Crippen LogP contribution in [0.2, 0.25) is 0 Å². The van der Waals surface area contributed by atoms with E-state index < -0.39 is 5.54 Å². The lowest BCUT2D eigenvalue weighted by atomic mass is 9.90. The van der Waals surface area contributed by atoms with Crippen LogP contribution in [0.5, 0.6) is 0 Å². The number of halogens is 1. The van der Waals surface area contributed by atoms with Gasteiger partial charge in [-0.05, 0) is 50.9 Å². The molecule has 0 saturated carbocycles. The number of benzene rings is 1. The van der Waals surface area contributed by atoms with Crippen molar-refractivity contribution in [2.24, 2.45) is 0 Å². The van der Waals surface area contributed by atoms with Crippen LogP contribution in [0.1, 0.15) is 33.1 Å². The van der Waals surface area contributed by atoms with Gasteiger partial charge in [0.25, 0.3) is 0 Å². The fourth-order valence-corrected chi connectivity index (χ4v) is 2.40. The van der Waals surface area contributed by atoms with Crippen LogP contribution in [0.3, 0.4) is 0 Å². The van der Waals surface area contributed by atoms with E-state index in [0.717, 1.165) is 25.8 Å². The van der Waals surface area contributed by atoms with E-state index in [0.29, 0.717) is 11.4 Å². The van der Waals surface area contributed by atoms with Crippen molar-refractivity contribution in [3.05, 3.63) is 24.3 Å². The second kappa shape index (κ2) is 7.43. The molecule has 0 aromatic heterocycles. The standard InChI is InChI=1S/C15H21N3O2.ClH/c1-11(19)17-12-6-5-7-13(10-12)18-14(20)15(2)8-3-4-9-16-15;/h5-7,10,16H,3-4,8-9H2,1-2H3,(H,17,19)(H,18,20);1H. The number of carbonyl (C=O) groups is 2. The zero-order chi connectivity index (χ0) is 14.6. The lowest BCUT2D eigenvalue weighted by Crippen LogP contribution is -2.54. The number of amides is 2. The molecule has 2 amide bonds. The number of anilines is 2. The number of hydrogen-bond acceptors (Lipinski definition) is 3. The number of nitrogens with one attached hydrogen (secondary N) is 3. The smallest absolute Gasteiger partial charge is 0.244 e. The Kier molecular flexibility index (Phi) is 6.18.